The average Bonchev–Trinajstić information content (AvgIpc) is 2.49. The number of carboxylic acids is 1. The van der Waals surface area contributed by atoms with E-state index in [4.69, 9.17) is 5.11 Å². The maximum absolute atomic E-state index is 11.1. The van der Waals surface area contributed by atoms with E-state index in [0.29, 0.717) is 16.0 Å². The van der Waals surface area contributed by atoms with E-state index in [2.05, 4.69) is 26.2 Å². The van der Waals surface area contributed by atoms with Crippen molar-refractivity contribution in [1.29, 1.82) is 0 Å². The molecule has 0 aliphatic rings. The predicted molar refractivity (Wildman–Crippen MR) is 86.1 cm³/mol. The summed E-state index contributed by atoms with van der Waals surface area (Å²) in [5.41, 5.74) is 1.78. The molecule has 0 aliphatic heterocycles. The maximum atomic E-state index is 11.1. The highest BCUT2D eigenvalue weighted by Gasteiger charge is 2.09. The number of halogens is 1. The molecule has 104 valence electrons. The van der Waals surface area contributed by atoms with Crippen molar-refractivity contribution in [2.45, 2.75) is 0 Å². The number of aromatic nitrogens is 1. The van der Waals surface area contributed by atoms with Gasteiger partial charge in [0.25, 0.3) is 0 Å². The highest BCUT2D eigenvalue weighted by atomic mass is 79.9. The number of para-hydroxylation sites is 1. The zero-order chi connectivity index (χ0) is 14.8. The van der Waals surface area contributed by atoms with Gasteiger partial charge in [-0.1, -0.05) is 18.2 Å². The number of nitrogens with zero attached hydrogens (tertiary/aromatic N) is 1. The minimum absolute atomic E-state index is 0.209. The monoisotopic (exact) mass is 342 g/mol. The molecule has 2 N–H and O–H groups in total. The number of rotatable bonds is 3. The lowest BCUT2D eigenvalue weighted by Crippen LogP contribution is -2.00. The third kappa shape index (κ3) is 2.87. The van der Waals surface area contributed by atoms with Crippen LogP contribution in [0.25, 0.3) is 10.9 Å². The van der Waals surface area contributed by atoms with Crippen LogP contribution in [0.5, 0.6) is 0 Å². The first-order valence-electron chi connectivity index (χ1n) is 6.29. The highest BCUT2D eigenvalue weighted by molar-refractivity contribution is 9.10. The molecule has 0 amide bonds. The van der Waals surface area contributed by atoms with E-state index < -0.39 is 5.97 Å². The summed E-state index contributed by atoms with van der Waals surface area (Å²) in [5, 5.41) is 13.3. The second-order valence-electron chi connectivity index (χ2n) is 4.51. The Morgan fingerprint density at radius 3 is 2.71 bits per heavy atom. The van der Waals surface area contributed by atoms with Gasteiger partial charge in [0.05, 0.1) is 11.1 Å². The minimum Gasteiger partial charge on any atom is -0.478 e. The summed E-state index contributed by atoms with van der Waals surface area (Å²) in [5.74, 6) is -0.302. The van der Waals surface area contributed by atoms with Crippen LogP contribution in [0.3, 0.4) is 0 Å². The summed E-state index contributed by atoms with van der Waals surface area (Å²) < 4.78 is 0.548. The molecule has 1 heterocycles. The molecule has 0 bridgehead atoms. The second-order valence-corrected chi connectivity index (χ2v) is 5.37. The molecule has 1 aromatic heterocycles. The fourth-order valence-electron chi connectivity index (χ4n) is 2.05. The summed E-state index contributed by atoms with van der Waals surface area (Å²) in [6, 6.07) is 16.7. The van der Waals surface area contributed by atoms with E-state index in [1.807, 2.05) is 36.4 Å². The Morgan fingerprint density at radius 1 is 1.10 bits per heavy atom. The lowest BCUT2D eigenvalue weighted by Gasteiger charge is -2.08. The van der Waals surface area contributed by atoms with Crippen molar-refractivity contribution in [3.63, 3.8) is 0 Å². The van der Waals surface area contributed by atoms with Crippen LogP contribution in [0.15, 0.2) is 59.1 Å². The van der Waals surface area contributed by atoms with Crippen LogP contribution in [0.1, 0.15) is 10.4 Å². The number of fused-ring (bicyclic) bond motifs is 1. The number of nitrogens with one attached hydrogen (secondary N) is 1. The van der Waals surface area contributed by atoms with Crippen LogP contribution in [0.4, 0.5) is 11.5 Å². The summed E-state index contributed by atoms with van der Waals surface area (Å²) in [7, 11) is 0. The molecule has 5 heteroatoms. The number of benzene rings is 2. The normalized spacial score (nSPS) is 10.5. The van der Waals surface area contributed by atoms with E-state index >= 15 is 0 Å². The van der Waals surface area contributed by atoms with Crippen LogP contribution >= 0.6 is 15.9 Å². The number of aromatic carboxylic acids is 1. The van der Waals surface area contributed by atoms with Gasteiger partial charge >= 0.3 is 5.97 Å². The second kappa shape index (κ2) is 5.54. The zero-order valence-electron chi connectivity index (χ0n) is 10.9. The van der Waals surface area contributed by atoms with Gasteiger partial charge in [-0.25, -0.2) is 9.78 Å². The fourth-order valence-corrected chi connectivity index (χ4v) is 2.47. The van der Waals surface area contributed by atoms with Gasteiger partial charge in [-0.3, -0.25) is 0 Å². The molecule has 2 aromatic carbocycles. The van der Waals surface area contributed by atoms with Crippen molar-refractivity contribution >= 4 is 44.3 Å². The van der Waals surface area contributed by atoms with Crippen molar-refractivity contribution in [1.82, 2.24) is 4.98 Å². The maximum Gasteiger partial charge on any atom is 0.336 e. The molecule has 3 rings (SSSR count). The van der Waals surface area contributed by atoms with Gasteiger partial charge in [-0.2, -0.15) is 0 Å². The molecule has 0 atom stereocenters. The molecule has 4 nitrogen and oxygen atoms in total. The molecular formula is C16H11BrN2O2. The van der Waals surface area contributed by atoms with E-state index in [1.165, 1.54) is 0 Å². The van der Waals surface area contributed by atoms with Gasteiger partial charge in [0.15, 0.2) is 0 Å². The Kier molecular flexibility index (Phi) is 3.58. The molecule has 0 saturated heterocycles. The van der Waals surface area contributed by atoms with Crippen LogP contribution in [-0.4, -0.2) is 16.1 Å². The minimum atomic E-state index is -0.975. The summed E-state index contributed by atoms with van der Waals surface area (Å²) in [6.07, 6.45) is 0. The topological polar surface area (TPSA) is 62.2 Å². The van der Waals surface area contributed by atoms with Crippen molar-refractivity contribution in [2.24, 2.45) is 0 Å². The number of anilines is 2. The first kappa shape index (κ1) is 13.6. The predicted octanol–water partition coefficient (Wildman–Crippen LogP) is 4.44. The van der Waals surface area contributed by atoms with E-state index in [0.717, 1.165) is 10.9 Å². The molecule has 21 heavy (non-hydrogen) atoms. The number of carboxylic acid groups (broad SMARTS) is 1. The Morgan fingerprint density at radius 2 is 1.90 bits per heavy atom. The number of hydrogen-bond donors (Lipinski definition) is 2. The van der Waals surface area contributed by atoms with Crippen molar-refractivity contribution in [2.75, 3.05) is 5.32 Å². The van der Waals surface area contributed by atoms with Crippen LogP contribution < -0.4 is 5.32 Å². The van der Waals surface area contributed by atoms with Crippen molar-refractivity contribution in [3.8, 4) is 0 Å². The SMILES string of the molecule is O=C(O)c1cc(Nc2ccc3ccccc3n2)ccc1Br. The van der Waals surface area contributed by atoms with Gasteiger partial charge < -0.3 is 10.4 Å². The van der Waals surface area contributed by atoms with Crippen molar-refractivity contribution < 1.29 is 9.90 Å². The molecule has 0 unspecified atom stereocenters. The van der Waals surface area contributed by atoms with Crippen LogP contribution in [0.2, 0.25) is 0 Å². The highest BCUT2D eigenvalue weighted by Crippen LogP contribution is 2.24. The number of pyridine rings is 1. The first-order chi connectivity index (χ1) is 10.1. The quantitative estimate of drug-likeness (QED) is 0.738. The molecule has 3 aromatic rings. The summed E-state index contributed by atoms with van der Waals surface area (Å²) in [4.78, 5) is 15.6. The summed E-state index contributed by atoms with van der Waals surface area (Å²) in [6.45, 7) is 0. The Hall–Kier alpha value is -2.40. The molecule has 0 fully saturated rings. The lowest BCUT2D eigenvalue weighted by atomic mass is 10.2. The number of hydrogen-bond acceptors (Lipinski definition) is 3. The van der Waals surface area contributed by atoms with E-state index in [1.54, 1.807) is 18.2 Å². The summed E-state index contributed by atoms with van der Waals surface area (Å²) >= 11 is 3.22. The Labute approximate surface area is 129 Å². The molecular weight excluding hydrogens is 332 g/mol. The fraction of sp³-hybridized carbons (Fsp3) is 0. The Balaban J connectivity index is 1.94. The lowest BCUT2D eigenvalue weighted by molar-refractivity contribution is 0.0696. The van der Waals surface area contributed by atoms with Gasteiger partial charge in [0.1, 0.15) is 5.82 Å². The third-order valence-electron chi connectivity index (χ3n) is 3.07. The van der Waals surface area contributed by atoms with Gasteiger partial charge in [0, 0.05) is 15.5 Å². The van der Waals surface area contributed by atoms with Gasteiger partial charge in [0.2, 0.25) is 0 Å². The largest absolute Gasteiger partial charge is 0.478 e. The van der Waals surface area contributed by atoms with Gasteiger partial charge in [-0.05, 0) is 52.3 Å². The standard InChI is InChI=1S/C16H11BrN2O2/c17-13-7-6-11(9-12(13)16(20)21)18-15-8-5-10-3-1-2-4-14(10)19-15/h1-9H,(H,18,19)(H,20,21). The average molecular weight is 343 g/mol. The molecule has 0 spiro atoms. The molecule has 0 radical (unpaired) electrons. The molecule has 0 saturated carbocycles. The number of carbonyl (C=O) groups is 1. The van der Waals surface area contributed by atoms with Gasteiger partial charge in [-0.15, -0.1) is 0 Å². The van der Waals surface area contributed by atoms with E-state index in [9.17, 15) is 4.79 Å². The van der Waals surface area contributed by atoms with Crippen molar-refractivity contribution in [3.05, 3.63) is 64.6 Å². The van der Waals surface area contributed by atoms with Crippen LogP contribution in [0, 0.1) is 0 Å². The molecule has 0 aliphatic carbocycles. The van der Waals surface area contributed by atoms with Crippen LogP contribution in [-0.2, 0) is 0 Å². The third-order valence-corrected chi connectivity index (χ3v) is 3.76. The first-order valence-corrected chi connectivity index (χ1v) is 7.08. The zero-order valence-corrected chi connectivity index (χ0v) is 12.5. The smallest absolute Gasteiger partial charge is 0.336 e. The van der Waals surface area contributed by atoms with E-state index in [-0.39, 0.29) is 5.56 Å². The Bertz CT molecular complexity index is 833.